The van der Waals surface area contributed by atoms with Crippen molar-refractivity contribution in [3.05, 3.63) is 70.4 Å². The van der Waals surface area contributed by atoms with Gasteiger partial charge in [-0.05, 0) is 49.9 Å². The summed E-state index contributed by atoms with van der Waals surface area (Å²) in [5, 5.41) is 2.87. The molecule has 138 valence electrons. The van der Waals surface area contributed by atoms with Crippen molar-refractivity contribution < 1.29 is 4.79 Å². The van der Waals surface area contributed by atoms with Crippen molar-refractivity contribution in [3.8, 4) is 11.4 Å². The van der Waals surface area contributed by atoms with Crippen LogP contribution in [0.1, 0.15) is 17.7 Å². The first-order chi connectivity index (χ1) is 13.1. The van der Waals surface area contributed by atoms with Crippen LogP contribution in [-0.2, 0) is 11.2 Å². The lowest BCUT2D eigenvalue weighted by atomic mass is 10.1. The van der Waals surface area contributed by atoms with Crippen molar-refractivity contribution in [2.24, 2.45) is 0 Å². The van der Waals surface area contributed by atoms with Gasteiger partial charge in [0.1, 0.15) is 5.82 Å². The zero-order valence-electron chi connectivity index (χ0n) is 15.2. The molecule has 1 aromatic carbocycles. The van der Waals surface area contributed by atoms with Crippen molar-refractivity contribution >= 4 is 23.4 Å². The summed E-state index contributed by atoms with van der Waals surface area (Å²) in [4.78, 5) is 37.0. The number of pyridine rings is 1. The van der Waals surface area contributed by atoms with Gasteiger partial charge in [-0.1, -0.05) is 6.07 Å². The number of aromatic amines is 1. The first-order valence-electron chi connectivity index (χ1n) is 8.51. The lowest BCUT2D eigenvalue weighted by Gasteiger charge is -2.09. The molecule has 0 unspecified atom stereocenters. The lowest BCUT2D eigenvalue weighted by Crippen LogP contribution is -2.20. The van der Waals surface area contributed by atoms with Gasteiger partial charge in [0.05, 0.1) is 0 Å². The highest BCUT2D eigenvalue weighted by Crippen LogP contribution is 2.19. The fraction of sp³-hybridized carbons (Fsp3) is 0.200. The smallest absolute Gasteiger partial charge is 0.254 e. The van der Waals surface area contributed by atoms with E-state index in [1.165, 1.54) is 0 Å². The minimum Gasteiger partial charge on any atom is -0.326 e. The van der Waals surface area contributed by atoms with E-state index in [1.54, 1.807) is 43.2 Å². The average Bonchev–Trinajstić information content (AvgIpc) is 2.68. The highest BCUT2D eigenvalue weighted by molar-refractivity contribution is 7.98. The fourth-order valence-electron chi connectivity index (χ4n) is 2.71. The minimum atomic E-state index is -0.216. The molecule has 2 N–H and O–H groups in total. The predicted molar refractivity (Wildman–Crippen MR) is 108 cm³/mol. The number of benzene rings is 1. The van der Waals surface area contributed by atoms with Gasteiger partial charge in [-0.15, -0.1) is 11.8 Å². The van der Waals surface area contributed by atoms with E-state index >= 15 is 0 Å². The Kier molecular flexibility index (Phi) is 6.03. The number of nitrogens with zero attached hydrogens (tertiary/aromatic N) is 2. The Hall–Kier alpha value is -2.93. The largest absolute Gasteiger partial charge is 0.326 e. The van der Waals surface area contributed by atoms with Gasteiger partial charge in [0, 0.05) is 46.2 Å². The molecule has 0 saturated carbocycles. The molecule has 0 spiro atoms. The maximum atomic E-state index is 12.4. The van der Waals surface area contributed by atoms with Gasteiger partial charge in [0.25, 0.3) is 5.56 Å². The fourth-order valence-corrected chi connectivity index (χ4v) is 3.17. The zero-order valence-corrected chi connectivity index (χ0v) is 16.0. The summed E-state index contributed by atoms with van der Waals surface area (Å²) in [6.45, 7) is 1.79. The second-order valence-electron chi connectivity index (χ2n) is 5.99. The molecule has 2 aromatic heterocycles. The van der Waals surface area contributed by atoms with Crippen LogP contribution in [0.25, 0.3) is 11.4 Å². The second kappa shape index (κ2) is 8.64. The number of aromatic nitrogens is 3. The van der Waals surface area contributed by atoms with Crippen LogP contribution < -0.4 is 10.9 Å². The molecule has 0 aliphatic rings. The number of amides is 1. The molecule has 2 heterocycles. The Morgan fingerprint density at radius 2 is 2.00 bits per heavy atom. The summed E-state index contributed by atoms with van der Waals surface area (Å²) in [6, 6.07) is 11.2. The maximum Gasteiger partial charge on any atom is 0.254 e. The van der Waals surface area contributed by atoms with E-state index in [0.29, 0.717) is 23.5 Å². The Bertz CT molecular complexity index is 1000. The summed E-state index contributed by atoms with van der Waals surface area (Å²) in [5.41, 5.74) is 2.49. The van der Waals surface area contributed by atoms with Crippen LogP contribution in [0, 0.1) is 6.92 Å². The number of rotatable bonds is 6. The highest BCUT2D eigenvalue weighted by atomic mass is 32.2. The standard InChI is InChI=1S/C20H20N4O2S/c1-13-17(20(26)24-19(22-13)14-8-10-21-11-9-14)6-7-18(25)23-15-4-3-5-16(12-15)27-2/h3-5,8-12H,6-7H2,1-2H3,(H,23,25)(H,22,24,26). The van der Waals surface area contributed by atoms with E-state index in [1.807, 2.05) is 30.5 Å². The number of carbonyl (C=O) groups is 1. The van der Waals surface area contributed by atoms with Crippen LogP contribution in [-0.4, -0.2) is 27.1 Å². The van der Waals surface area contributed by atoms with E-state index in [-0.39, 0.29) is 17.9 Å². The van der Waals surface area contributed by atoms with Crippen molar-refractivity contribution in [1.29, 1.82) is 0 Å². The van der Waals surface area contributed by atoms with Gasteiger partial charge in [0.15, 0.2) is 0 Å². The Balaban J connectivity index is 1.69. The quantitative estimate of drug-likeness (QED) is 0.640. The number of hydrogen-bond acceptors (Lipinski definition) is 5. The molecule has 0 atom stereocenters. The van der Waals surface area contributed by atoms with E-state index < -0.39 is 0 Å². The molecular formula is C20H20N4O2S. The number of thioether (sulfide) groups is 1. The highest BCUT2D eigenvalue weighted by Gasteiger charge is 2.12. The summed E-state index contributed by atoms with van der Waals surface area (Å²) in [6.07, 6.45) is 5.82. The molecule has 3 aromatic rings. The van der Waals surface area contributed by atoms with Crippen LogP contribution in [0.5, 0.6) is 0 Å². The van der Waals surface area contributed by atoms with Crippen molar-refractivity contribution in [3.63, 3.8) is 0 Å². The Morgan fingerprint density at radius 3 is 2.70 bits per heavy atom. The van der Waals surface area contributed by atoms with Gasteiger partial charge in [-0.2, -0.15) is 0 Å². The summed E-state index contributed by atoms with van der Waals surface area (Å²) >= 11 is 1.61. The molecule has 0 aliphatic carbocycles. The topological polar surface area (TPSA) is 87.7 Å². The molecular weight excluding hydrogens is 360 g/mol. The molecule has 0 fully saturated rings. The van der Waals surface area contributed by atoms with Gasteiger partial charge in [-0.25, -0.2) is 4.98 Å². The van der Waals surface area contributed by atoms with Gasteiger partial charge < -0.3 is 10.3 Å². The third-order valence-electron chi connectivity index (χ3n) is 4.13. The van der Waals surface area contributed by atoms with Crippen molar-refractivity contribution in [1.82, 2.24) is 15.0 Å². The van der Waals surface area contributed by atoms with E-state index in [2.05, 4.69) is 20.3 Å². The van der Waals surface area contributed by atoms with Crippen LogP contribution in [0.3, 0.4) is 0 Å². The monoisotopic (exact) mass is 380 g/mol. The number of anilines is 1. The molecule has 0 bridgehead atoms. The first-order valence-corrected chi connectivity index (χ1v) is 9.73. The number of aryl methyl sites for hydroxylation is 1. The van der Waals surface area contributed by atoms with Crippen LogP contribution in [0.4, 0.5) is 5.69 Å². The second-order valence-corrected chi connectivity index (χ2v) is 6.87. The Labute approximate surface area is 161 Å². The summed E-state index contributed by atoms with van der Waals surface area (Å²) in [7, 11) is 0. The first kappa shape index (κ1) is 18.8. The number of carbonyl (C=O) groups excluding carboxylic acids is 1. The Morgan fingerprint density at radius 1 is 1.22 bits per heavy atom. The summed E-state index contributed by atoms with van der Waals surface area (Å²) in [5.74, 6) is 0.368. The number of nitrogens with one attached hydrogen (secondary N) is 2. The van der Waals surface area contributed by atoms with Crippen LogP contribution >= 0.6 is 11.8 Å². The lowest BCUT2D eigenvalue weighted by molar-refractivity contribution is -0.116. The number of hydrogen-bond donors (Lipinski definition) is 2. The molecule has 7 heteroatoms. The minimum absolute atomic E-state index is 0.134. The van der Waals surface area contributed by atoms with Gasteiger partial charge in [0.2, 0.25) is 5.91 Å². The average molecular weight is 380 g/mol. The number of H-pyrrole nitrogens is 1. The van der Waals surface area contributed by atoms with Gasteiger partial charge in [-0.3, -0.25) is 14.6 Å². The third kappa shape index (κ3) is 4.83. The van der Waals surface area contributed by atoms with Crippen LogP contribution in [0.2, 0.25) is 0 Å². The SMILES string of the molecule is CSc1cccc(NC(=O)CCc2c(C)nc(-c3ccncc3)[nH]c2=O)c1. The maximum absolute atomic E-state index is 12.4. The zero-order chi connectivity index (χ0) is 19.2. The third-order valence-corrected chi connectivity index (χ3v) is 4.86. The molecule has 27 heavy (non-hydrogen) atoms. The molecule has 1 amide bonds. The molecule has 6 nitrogen and oxygen atoms in total. The molecule has 3 rings (SSSR count). The molecule has 0 radical (unpaired) electrons. The molecule has 0 saturated heterocycles. The van der Waals surface area contributed by atoms with E-state index in [9.17, 15) is 9.59 Å². The molecule has 0 aliphatic heterocycles. The summed E-state index contributed by atoms with van der Waals surface area (Å²) < 4.78 is 0. The predicted octanol–water partition coefficient (Wildman–Crippen LogP) is 3.43. The van der Waals surface area contributed by atoms with Crippen molar-refractivity contribution in [2.75, 3.05) is 11.6 Å². The van der Waals surface area contributed by atoms with E-state index in [4.69, 9.17) is 0 Å². The van der Waals surface area contributed by atoms with Crippen molar-refractivity contribution in [2.45, 2.75) is 24.7 Å². The van der Waals surface area contributed by atoms with E-state index in [0.717, 1.165) is 16.1 Å². The van der Waals surface area contributed by atoms with Crippen LogP contribution in [0.15, 0.2) is 58.5 Å². The van der Waals surface area contributed by atoms with Gasteiger partial charge >= 0.3 is 0 Å². The normalized spacial score (nSPS) is 10.6.